The standard InChI is InChI=1S/C8H6ClN3OS/c9-5-1-2-6(10)7(3-5)13-8-11-4-12-14-8/h1-4H,10H2. The van der Waals surface area contributed by atoms with Gasteiger partial charge in [-0.3, -0.25) is 0 Å². The Kier molecular flexibility index (Phi) is 2.51. The van der Waals surface area contributed by atoms with Crippen molar-refractivity contribution in [1.29, 1.82) is 0 Å². The van der Waals surface area contributed by atoms with Gasteiger partial charge in [0.05, 0.1) is 5.69 Å². The number of nitrogen functional groups attached to an aromatic ring is 1. The van der Waals surface area contributed by atoms with Crippen molar-refractivity contribution in [3.63, 3.8) is 0 Å². The lowest BCUT2D eigenvalue weighted by atomic mass is 10.3. The van der Waals surface area contributed by atoms with Gasteiger partial charge in [0, 0.05) is 22.6 Å². The molecule has 14 heavy (non-hydrogen) atoms. The van der Waals surface area contributed by atoms with Crippen molar-refractivity contribution >= 4 is 28.8 Å². The van der Waals surface area contributed by atoms with Crippen LogP contribution in [0.1, 0.15) is 0 Å². The van der Waals surface area contributed by atoms with Crippen molar-refractivity contribution in [3.05, 3.63) is 29.5 Å². The zero-order valence-electron chi connectivity index (χ0n) is 6.98. The van der Waals surface area contributed by atoms with Gasteiger partial charge in [0.2, 0.25) is 0 Å². The number of aromatic nitrogens is 2. The third-order valence-corrected chi connectivity index (χ3v) is 2.29. The van der Waals surface area contributed by atoms with Crippen molar-refractivity contribution in [3.8, 4) is 10.9 Å². The number of nitrogens with zero attached hydrogens (tertiary/aromatic N) is 2. The van der Waals surface area contributed by atoms with Gasteiger partial charge in [-0.1, -0.05) is 11.6 Å². The van der Waals surface area contributed by atoms with Gasteiger partial charge in [-0.25, -0.2) is 0 Å². The van der Waals surface area contributed by atoms with Gasteiger partial charge in [0.25, 0.3) is 5.19 Å². The molecule has 0 unspecified atom stereocenters. The Bertz CT molecular complexity index is 432. The van der Waals surface area contributed by atoms with Gasteiger partial charge in [-0.05, 0) is 12.1 Å². The maximum Gasteiger partial charge on any atom is 0.298 e. The van der Waals surface area contributed by atoms with Crippen LogP contribution in [-0.4, -0.2) is 9.36 Å². The average Bonchev–Trinajstić information content (AvgIpc) is 2.64. The number of hydrogen-bond acceptors (Lipinski definition) is 5. The summed E-state index contributed by atoms with van der Waals surface area (Å²) in [6, 6.07) is 5.01. The first kappa shape index (κ1) is 9.23. The summed E-state index contributed by atoms with van der Waals surface area (Å²) >= 11 is 6.94. The Morgan fingerprint density at radius 1 is 1.43 bits per heavy atom. The SMILES string of the molecule is Nc1ccc(Cl)cc1Oc1ncns1. The molecular weight excluding hydrogens is 222 g/mol. The van der Waals surface area contributed by atoms with Crippen LogP contribution in [0.15, 0.2) is 24.5 Å². The predicted molar refractivity (Wildman–Crippen MR) is 55.8 cm³/mol. The quantitative estimate of drug-likeness (QED) is 0.801. The Hall–Kier alpha value is -1.33. The van der Waals surface area contributed by atoms with Crippen molar-refractivity contribution in [2.75, 3.05) is 5.73 Å². The van der Waals surface area contributed by atoms with Crippen LogP contribution < -0.4 is 10.5 Å². The van der Waals surface area contributed by atoms with E-state index in [4.69, 9.17) is 22.1 Å². The van der Waals surface area contributed by atoms with E-state index in [1.807, 2.05) is 0 Å². The van der Waals surface area contributed by atoms with E-state index in [9.17, 15) is 0 Å². The van der Waals surface area contributed by atoms with E-state index in [-0.39, 0.29) is 0 Å². The highest BCUT2D eigenvalue weighted by atomic mass is 35.5. The minimum Gasteiger partial charge on any atom is -0.428 e. The second-order valence-electron chi connectivity index (χ2n) is 2.49. The van der Waals surface area contributed by atoms with Gasteiger partial charge in [0.1, 0.15) is 6.33 Å². The van der Waals surface area contributed by atoms with Crippen molar-refractivity contribution in [2.45, 2.75) is 0 Å². The van der Waals surface area contributed by atoms with Crippen molar-refractivity contribution in [2.24, 2.45) is 0 Å². The highest BCUT2D eigenvalue weighted by Crippen LogP contribution is 2.30. The van der Waals surface area contributed by atoms with Crippen LogP contribution in [0.3, 0.4) is 0 Å². The lowest BCUT2D eigenvalue weighted by molar-refractivity contribution is 0.481. The number of anilines is 1. The van der Waals surface area contributed by atoms with Gasteiger partial charge in [-0.2, -0.15) is 9.36 Å². The molecule has 1 aromatic heterocycles. The van der Waals surface area contributed by atoms with Crippen LogP contribution in [0.25, 0.3) is 0 Å². The first-order chi connectivity index (χ1) is 6.75. The Balaban J connectivity index is 2.28. The van der Waals surface area contributed by atoms with Gasteiger partial charge in [-0.15, -0.1) is 0 Å². The van der Waals surface area contributed by atoms with Crippen LogP contribution in [0.2, 0.25) is 5.02 Å². The maximum absolute atomic E-state index is 5.79. The largest absolute Gasteiger partial charge is 0.428 e. The fourth-order valence-corrected chi connectivity index (χ4v) is 1.47. The summed E-state index contributed by atoms with van der Waals surface area (Å²) < 4.78 is 9.17. The van der Waals surface area contributed by atoms with E-state index in [0.717, 1.165) is 11.5 Å². The Morgan fingerprint density at radius 3 is 3.00 bits per heavy atom. The van der Waals surface area contributed by atoms with Crippen molar-refractivity contribution in [1.82, 2.24) is 9.36 Å². The lowest BCUT2D eigenvalue weighted by Crippen LogP contribution is -1.91. The average molecular weight is 228 g/mol. The fourth-order valence-electron chi connectivity index (χ4n) is 0.899. The van der Waals surface area contributed by atoms with E-state index in [2.05, 4.69) is 9.36 Å². The molecule has 0 amide bonds. The normalized spacial score (nSPS) is 10.1. The molecule has 0 saturated carbocycles. The molecule has 0 bridgehead atoms. The van der Waals surface area contributed by atoms with E-state index in [1.165, 1.54) is 6.33 Å². The summed E-state index contributed by atoms with van der Waals surface area (Å²) in [5.41, 5.74) is 6.20. The molecule has 0 aliphatic heterocycles. The fraction of sp³-hybridized carbons (Fsp3) is 0. The molecule has 0 radical (unpaired) electrons. The molecule has 0 aliphatic carbocycles. The molecule has 0 saturated heterocycles. The lowest BCUT2D eigenvalue weighted by Gasteiger charge is -2.04. The second kappa shape index (κ2) is 3.81. The molecule has 2 N–H and O–H groups in total. The molecule has 4 nitrogen and oxygen atoms in total. The van der Waals surface area contributed by atoms with Crippen LogP contribution >= 0.6 is 23.1 Å². The minimum atomic E-state index is 0.443. The third kappa shape index (κ3) is 1.94. The predicted octanol–water partition coefficient (Wildman–Crippen LogP) is 2.57. The zero-order chi connectivity index (χ0) is 9.97. The smallest absolute Gasteiger partial charge is 0.298 e. The number of hydrogen-bond donors (Lipinski definition) is 1. The Morgan fingerprint density at radius 2 is 2.29 bits per heavy atom. The first-order valence-electron chi connectivity index (χ1n) is 3.75. The molecule has 2 aromatic rings. The third-order valence-electron chi connectivity index (χ3n) is 1.51. The number of halogens is 1. The number of nitrogens with two attached hydrogens (primary N) is 1. The Labute approximate surface area is 89.5 Å². The molecule has 1 heterocycles. The van der Waals surface area contributed by atoms with Gasteiger partial charge >= 0.3 is 0 Å². The highest BCUT2D eigenvalue weighted by molar-refractivity contribution is 7.07. The van der Waals surface area contributed by atoms with Crippen LogP contribution in [0.5, 0.6) is 10.9 Å². The van der Waals surface area contributed by atoms with Crippen LogP contribution in [-0.2, 0) is 0 Å². The maximum atomic E-state index is 5.79. The van der Waals surface area contributed by atoms with E-state index in [1.54, 1.807) is 18.2 Å². The number of benzene rings is 1. The summed E-state index contributed by atoms with van der Waals surface area (Å²) in [7, 11) is 0. The molecule has 6 heteroatoms. The zero-order valence-corrected chi connectivity index (χ0v) is 8.55. The minimum absolute atomic E-state index is 0.443. The molecule has 72 valence electrons. The summed E-state index contributed by atoms with van der Waals surface area (Å²) in [4.78, 5) is 3.87. The summed E-state index contributed by atoms with van der Waals surface area (Å²) in [5.74, 6) is 0.495. The van der Waals surface area contributed by atoms with E-state index in [0.29, 0.717) is 21.7 Å². The molecule has 0 atom stereocenters. The van der Waals surface area contributed by atoms with Gasteiger partial charge in [0.15, 0.2) is 5.75 Å². The molecule has 1 aromatic carbocycles. The molecule has 0 spiro atoms. The van der Waals surface area contributed by atoms with E-state index >= 15 is 0 Å². The summed E-state index contributed by atoms with van der Waals surface area (Å²) in [5, 5.41) is 1.01. The van der Waals surface area contributed by atoms with Crippen molar-refractivity contribution < 1.29 is 4.74 Å². The van der Waals surface area contributed by atoms with Crippen LogP contribution in [0, 0.1) is 0 Å². The van der Waals surface area contributed by atoms with Gasteiger partial charge < -0.3 is 10.5 Å². The molecule has 0 fully saturated rings. The molecular formula is C8H6ClN3OS. The van der Waals surface area contributed by atoms with E-state index < -0.39 is 0 Å². The molecule has 2 rings (SSSR count). The number of rotatable bonds is 2. The van der Waals surface area contributed by atoms with Crippen LogP contribution in [0.4, 0.5) is 5.69 Å². The molecule has 0 aliphatic rings. The topological polar surface area (TPSA) is 61.0 Å². The summed E-state index contributed by atoms with van der Waals surface area (Å²) in [6.07, 6.45) is 1.42. The monoisotopic (exact) mass is 227 g/mol. The first-order valence-corrected chi connectivity index (χ1v) is 4.90. The second-order valence-corrected chi connectivity index (χ2v) is 3.67. The highest BCUT2D eigenvalue weighted by Gasteiger charge is 2.04. The summed E-state index contributed by atoms with van der Waals surface area (Å²) in [6.45, 7) is 0. The number of ether oxygens (including phenoxy) is 1.